The van der Waals surface area contributed by atoms with Crippen molar-refractivity contribution in [2.45, 2.75) is 6.18 Å². The molecule has 0 saturated carbocycles. The first kappa shape index (κ1) is 13.3. The molecule has 0 amide bonds. The lowest BCUT2D eigenvalue weighted by molar-refractivity contribution is -0.137. The van der Waals surface area contributed by atoms with Crippen LogP contribution in [0.25, 0.3) is 17.0 Å². The maximum atomic E-state index is 12.6. The molecule has 21 heavy (non-hydrogen) atoms. The van der Waals surface area contributed by atoms with E-state index in [-0.39, 0.29) is 0 Å². The zero-order valence-corrected chi connectivity index (χ0v) is 10.5. The highest BCUT2D eigenvalue weighted by molar-refractivity contribution is 5.76. The Morgan fingerprint density at radius 2 is 1.71 bits per heavy atom. The normalized spacial score (nSPS) is 11.8. The third-order valence-electron chi connectivity index (χ3n) is 3.05. The van der Waals surface area contributed by atoms with Crippen molar-refractivity contribution in [3.05, 3.63) is 53.7 Å². The van der Waals surface area contributed by atoms with E-state index in [1.165, 1.54) is 16.5 Å². The van der Waals surface area contributed by atoms with Gasteiger partial charge in [-0.05, 0) is 24.3 Å². The van der Waals surface area contributed by atoms with E-state index in [4.69, 9.17) is 0 Å². The van der Waals surface area contributed by atoms with Gasteiger partial charge >= 0.3 is 6.18 Å². The predicted octanol–water partition coefficient (Wildman–Crippen LogP) is 3.23. The summed E-state index contributed by atoms with van der Waals surface area (Å²) in [7, 11) is 0. The summed E-state index contributed by atoms with van der Waals surface area (Å²) in [5, 5.41) is 7.85. The van der Waals surface area contributed by atoms with Crippen LogP contribution in [0.3, 0.4) is 0 Å². The number of pyridine rings is 1. The zero-order chi connectivity index (χ0) is 15.0. The molecule has 0 spiro atoms. The third-order valence-corrected chi connectivity index (χ3v) is 3.05. The van der Waals surface area contributed by atoms with E-state index in [0.717, 1.165) is 12.1 Å². The van der Waals surface area contributed by atoms with Crippen molar-refractivity contribution in [2.24, 2.45) is 0 Å². The summed E-state index contributed by atoms with van der Waals surface area (Å²) in [6.45, 7) is 0. The summed E-state index contributed by atoms with van der Waals surface area (Å²) in [4.78, 5) is 11.1. The minimum atomic E-state index is -4.39. The fourth-order valence-electron chi connectivity index (χ4n) is 2.05. The Kier molecular flexibility index (Phi) is 2.97. The van der Waals surface area contributed by atoms with Crippen molar-refractivity contribution in [1.29, 1.82) is 0 Å². The summed E-state index contributed by atoms with van der Waals surface area (Å²) < 4.78 is 39.2. The van der Waals surface area contributed by atoms with Crippen LogP contribution in [0.5, 0.6) is 0 Å². The Morgan fingerprint density at radius 1 is 1.00 bits per heavy atom. The molecule has 0 fully saturated rings. The lowest BCUT2D eigenvalue weighted by Gasteiger charge is -2.07. The summed E-state index contributed by atoms with van der Waals surface area (Å²) in [6.07, 6.45) is -3.75. The first-order valence-electron chi connectivity index (χ1n) is 5.97. The number of rotatable bonds is 2. The molecule has 106 valence electrons. The van der Waals surface area contributed by atoms with Gasteiger partial charge in [-0.25, -0.2) is 0 Å². The average Bonchev–Trinajstić information content (AvgIpc) is 2.90. The number of hydrogen-bond acceptors (Lipinski definition) is 3. The van der Waals surface area contributed by atoms with Gasteiger partial charge in [-0.1, -0.05) is 18.2 Å². The summed E-state index contributed by atoms with van der Waals surface area (Å²) >= 11 is 0. The van der Waals surface area contributed by atoms with E-state index in [1.807, 2.05) is 0 Å². The maximum absolute atomic E-state index is 12.6. The molecule has 0 aliphatic carbocycles. The topological polar surface area (TPSA) is 47.3 Å². The second-order valence-corrected chi connectivity index (χ2v) is 4.36. The highest BCUT2D eigenvalue weighted by Gasteiger charge is 2.30. The van der Waals surface area contributed by atoms with Crippen LogP contribution in [0.1, 0.15) is 16.1 Å². The monoisotopic (exact) mass is 291 g/mol. The molecule has 2 aromatic heterocycles. The molecule has 0 bridgehead atoms. The van der Waals surface area contributed by atoms with Gasteiger partial charge in [0.2, 0.25) is 0 Å². The third kappa shape index (κ3) is 2.26. The highest BCUT2D eigenvalue weighted by atomic mass is 19.4. The van der Waals surface area contributed by atoms with Crippen molar-refractivity contribution < 1.29 is 18.0 Å². The average molecular weight is 291 g/mol. The second-order valence-electron chi connectivity index (χ2n) is 4.36. The van der Waals surface area contributed by atoms with Gasteiger partial charge in [0.25, 0.3) is 0 Å². The van der Waals surface area contributed by atoms with Crippen LogP contribution in [0, 0.1) is 0 Å². The summed E-state index contributed by atoms with van der Waals surface area (Å²) in [5.74, 6) is 0.321. The lowest BCUT2D eigenvalue weighted by atomic mass is 10.1. The zero-order valence-electron chi connectivity index (χ0n) is 10.5. The van der Waals surface area contributed by atoms with E-state index in [9.17, 15) is 18.0 Å². The van der Waals surface area contributed by atoms with E-state index in [0.29, 0.717) is 29.0 Å². The van der Waals surface area contributed by atoms with Gasteiger partial charge in [-0.3, -0.25) is 9.20 Å². The van der Waals surface area contributed by atoms with Gasteiger partial charge in [-0.2, -0.15) is 13.2 Å². The molecule has 7 heteroatoms. The van der Waals surface area contributed by atoms with Crippen LogP contribution < -0.4 is 0 Å². The fraction of sp³-hybridized carbons (Fsp3) is 0.0714. The van der Waals surface area contributed by atoms with Gasteiger partial charge in [0.15, 0.2) is 17.8 Å². The van der Waals surface area contributed by atoms with Gasteiger partial charge in [-0.15, -0.1) is 10.2 Å². The number of carbonyl (C=O) groups excluding carboxylic acids is 1. The van der Waals surface area contributed by atoms with Crippen LogP contribution >= 0.6 is 0 Å². The van der Waals surface area contributed by atoms with Crippen molar-refractivity contribution in [2.75, 3.05) is 0 Å². The Morgan fingerprint density at radius 3 is 2.33 bits per heavy atom. The standard InChI is InChI=1S/C14H8F3N3O/c15-14(16,17)10-6-4-9(5-7-10)13-19-18-12-3-1-2-11(8-21)20(12)13/h1-8H. The second kappa shape index (κ2) is 4.69. The minimum Gasteiger partial charge on any atom is -0.296 e. The molecule has 0 unspecified atom stereocenters. The van der Waals surface area contributed by atoms with Gasteiger partial charge < -0.3 is 0 Å². The molecule has 0 saturated heterocycles. The quantitative estimate of drug-likeness (QED) is 0.681. The van der Waals surface area contributed by atoms with Gasteiger partial charge in [0, 0.05) is 5.56 Å². The molecular formula is C14H8F3N3O. The number of aromatic nitrogens is 3. The molecule has 0 aliphatic rings. The predicted molar refractivity (Wildman–Crippen MR) is 68.8 cm³/mol. The van der Waals surface area contributed by atoms with Crippen molar-refractivity contribution >= 4 is 11.9 Å². The van der Waals surface area contributed by atoms with Crippen molar-refractivity contribution in [1.82, 2.24) is 14.6 Å². The van der Waals surface area contributed by atoms with Crippen molar-refractivity contribution in [3.8, 4) is 11.4 Å². The number of carbonyl (C=O) groups is 1. The SMILES string of the molecule is O=Cc1cccc2nnc(-c3ccc(C(F)(F)F)cc3)n12. The summed E-state index contributed by atoms with van der Waals surface area (Å²) in [6, 6.07) is 9.45. The molecule has 3 aromatic rings. The maximum Gasteiger partial charge on any atom is 0.416 e. The number of fused-ring (bicyclic) bond motifs is 1. The smallest absolute Gasteiger partial charge is 0.296 e. The molecule has 0 atom stereocenters. The molecule has 2 heterocycles. The molecule has 0 aliphatic heterocycles. The van der Waals surface area contributed by atoms with Gasteiger partial charge in [0.05, 0.1) is 11.3 Å². The molecule has 4 nitrogen and oxygen atoms in total. The molecule has 0 radical (unpaired) electrons. The Hall–Kier alpha value is -2.70. The lowest BCUT2D eigenvalue weighted by Crippen LogP contribution is -2.04. The molecule has 1 aromatic carbocycles. The number of halogens is 3. The number of alkyl halides is 3. The first-order valence-corrected chi connectivity index (χ1v) is 5.97. The number of hydrogen-bond donors (Lipinski definition) is 0. The number of nitrogens with zero attached hydrogens (tertiary/aromatic N) is 3. The van der Waals surface area contributed by atoms with Crippen LogP contribution in [0.2, 0.25) is 0 Å². The van der Waals surface area contributed by atoms with Crippen LogP contribution in [-0.2, 0) is 6.18 Å². The van der Waals surface area contributed by atoms with Crippen LogP contribution in [0.4, 0.5) is 13.2 Å². The van der Waals surface area contributed by atoms with Gasteiger partial charge in [0.1, 0.15) is 0 Å². The molecule has 0 N–H and O–H groups in total. The summed E-state index contributed by atoms with van der Waals surface area (Å²) in [5.41, 5.74) is 0.488. The van der Waals surface area contributed by atoms with E-state index in [1.54, 1.807) is 18.2 Å². The largest absolute Gasteiger partial charge is 0.416 e. The molecule has 3 rings (SSSR count). The Labute approximate surface area is 116 Å². The number of benzene rings is 1. The Balaban J connectivity index is 2.15. The fourth-order valence-corrected chi connectivity index (χ4v) is 2.05. The van der Waals surface area contributed by atoms with Crippen LogP contribution in [0.15, 0.2) is 42.5 Å². The highest BCUT2D eigenvalue weighted by Crippen LogP contribution is 2.30. The van der Waals surface area contributed by atoms with E-state index < -0.39 is 11.7 Å². The van der Waals surface area contributed by atoms with E-state index >= 15 is 0 Å². The van der Waals surface area contributed by atoms with E-state index in [2.05, 4.69) is 10.2 Å². The minimum absolute atomic E-state index is 0.321. The Bertz CT molecular complexity index is 806. The number of aldehydes is 1. The first-order chi connectivity index (χ1) is 10.0. The van der Waals surface area contributed by atoms with Crippen LogP contribution in [-0.4, -0.2) is 20.9 Å². The van der Waals surface area contributed by atoms with Crippen molar-refractivity contribution in [3.63, 3.8) is 0 Å². The molecular weight excluding hydrogens is 283 g/mol.